The SMILES string of the molecule is NNCSC(=S)NC1CCCC1. The van der Waals surface area contributed by atoms with Crippen molar-refractivity contribution in [2.24, 2.45) is 5.84 Å². The van der Waals surface area contributed by atoms with E-state index in [4.69, 9.17) is 18.1 Å². The van der Waals surface area contributed by atoms with Crippen LogP contribution in [0.5, 0.6) is 0 Å². The summed E-state index contributed by atoms with van der Waals surface area (Å²) < 4.78 is 0.861. The highest BCUT2D eigenvalue weighted by Gasteiger charge is 2.15. The molecule has 0 unspecified atom stereocenters. The average Bonchev–Trinajstić information content (AvgIpc) is 2.53. The monoisotopic (exact) mass is 205 g/mol. The van der Waals surface area contributed by atoms with Crippen LogP contribution in [0.25, 0.3) is 0 Å². The first-order valence-electron chi connectivity index (χ1n) is 4.19. The van der Waals surface area contributed by atoms with E-state index in [0.29, 0.717) is 11.9 Å². The summed E-state index contributed by atoms with van der Waals surface area (Å²) in [5, 5.41) is 3.31. The van der Waals surface area contributed by atoms with E-state index in [-0.39, 0.29) is 0 Å². The van der Waals surface area contributed by atoms with Crippen molar-refractivity contribution in [2.75, 3.05) is 5.88 Å². The van der Waals surface area contributed by atoms with Gasteiger partial charge in [0, 0.05) is 6.04 Å². The van der Waals surface area contributed by atoms with Crippen molar-refractivity contribution in [3.8, 4) is 0 Å². The van der Waals surface area contributed by atoms with Crippen LogP contribution in [0, 0.1) is 0 Å². The minimum Gasteiger partial charge on any atom is -0.368 e. The number of hydrogen-bond acceptors (Lipinski definition) is 4. The lowest BCUT2D eigenvalue weighted by molar-refractivity contribution is 0.639. The quantitative estimate of drug-likeness (QED) is 0.277. The number of thiocarbonyl (C=S) groups is 1. The Hall–Kier alpha value is 0.160. The van der Waals surface area contributed by atoms with Crippen LogP contribution in [-0.4, -0.2) is 16.2 Å². The van der Waals surface area contributed by atoms with Crippen LogP contribution in [0.2, 0.25) is 0 Å². The van der Waals surface area contributed by atoms with Crippen LogP contribution in [0.3, 0.4) is 0 Å². The predicted octanol–water partition coefficient (Wildman–Crippen LogP) is 0.957. The van der Waals surface area contributed by atoms with Crippen LogP contribution in [0.15, 0.2) is 0 Å². The van der Waals surface area contributed by atoms with Gasteiger partial charge in [0.15, 0.2) is 0 Å². The second-order valence-electron chi connectivity index (χ2n) is 2.91. The fourth-order valence-corrected chi connectivity index (χ4v) is 2.19. The maximum Gasteiger partial charge on any atom is 0.135 e. The van der Waals surface area contributed by atoms with Gasteiger partial charge in [-0.2, -0.15) is 0 Å². The van der Waals surface area contributed by atoms with Gasteiger partial charge in [-0.3, -0.25) is 11.3 Å². The van der Waals surface area contributed by atoms with Gasteiger partial charge in [0.1, 0.15) is 4.32 Å². The fraction of sp³-hybridized carbons (Fsp3) is 0.857. The molecule has 0 bridgehead atoms. The van der Waals surface area contributed by atoms with E-state index < -0.39 is 0 Å². The summed E-state index contributed by atoms with van der Waals surface area (Å²) in [5.41, 5.74) is 2.56. The molecule has 0 saturated heterocycles. The van der Waals surface area contributed by atoms with Gasteiger partial charge in [0.25, 0.3) is 0 Å². The molecule has 1 rings (SSSR count). The zero-order chi connectivity index (χ0) is 8.81. The number of nitrogens with two attached hydrogens (primary N) is 1. The van der Waals surface area contributed by atoms with Crippen molar-refractivity contribution in [3.63, 3.8) is 0 Å². The minimum atomic E-state index is 0.614. The molecule has 0 atom stereocenters. The highest BCUT2D eigenvalue weighted by atomic mass is 32.2. The molecule has 3 nitrogen and oxygen atoms in total. The molecule has 0 aromatic heterocycles. The lowest BCUT2D eigenvalue weighted by atomic mass is 10.3. The summed E-state index contributed by atoms with van der Waals surface area (Å²) in [6.07, 6.45) is 5.19. The summed E-state index contributed by atoms with van der Waals surface area (Å²) in [6, 6.07) is 0.614. The normalized spacial score (nSPS) is 18.1. The molecule has 1 saturated carbocycles. The van der Waals surface area contributed by atoms with Crippen molar-refractivity contribution in [1.82, 2.24) is 10.7 Å². The van der Waals surface area contributed by atoms with Crippen molar-refractivity contribution in [2.45, 2.75) is 31.7 Å². The Morgan fingerprint density at radius 2 is 2.17 bits per heavy atom. The van der Waals surface area contributed by atoms with Crippen molar-refractivity contribution >= 4 is 28.3 Å². The third-order valence-corrected chi connectivity index (χ3v) is 3.13. The lowest BCUT2D eigenvalue weighted by Crippen LogP contribution is -2.31. The molecule has 0 aromatic carbocycles. The van der Waals surface area contributed by atoms with Crippen molar-refractivity contribution < 1.29 is 0 Å². The predicted molar refractivity (Wildman–Crippen MR) is 57.8 cm³/mol. The third kappa shape index (κ3) is 3.71. The molecular formula is C7H15N3S2. The Kier molecular flexibility index (Phi) is 4.90. The van der Waals surface area contributed by atoms with Gasteiger partial charge in [0.2, 0.25) is 0 Å². The molecule has 4 N–H and O–H groups in total. The molecule has 0 amide bonds. The van der Waals surface area contributed by atoms with Gasteiger partial charge in [-0.15, -0.1) is 0 Å². The Balaban J connectivity index is 2.08. The van der Waals surface area contributed by atoms with Gasteiger partial charge < -0.3 is 5.32 Å². The van der Waals surface area contributed by atoms with Crippen LogP contribution in [-0.2, 0) is 0 Å². The summed E-state index contributed by atoms with van der Waals surface area (Å²) in [4.78, 5) is 0. The maximum absolute atomic E-state index is 5.13. The average molecular weight is 205 g/mol. The Bertz CT molecular complexity index is 146. The Morgan fingerprint density at radius 3 is 2.75 bits per heavy atom. The molecule has 0 radical (unpaired) electrons. The van der Waals surface area contributed by atoms with Crippen molar-refractivity contribution in [3.05, 3.63) is 0 Å². The van der Waals surface area contributed by atoms with E-state index in [9.17, 15) is 0 Å². The van der Waals surface area contributed by atoms with Crippen LogP contribution in [0.4, 0.5) is 0 Å². The number of nitrogens with one attached hydrogen (secondary N) is 2. The Morgan fingerprint density at radius 1 is 1.50 bits per heavy atom. The highest BCUT2D eigenvalue weighted by Crippen LogP contribution is 2.18. The second-order valence-corrected chi connectivity index (χ2v) is 4.56. The van der Waals surface area contributed by atoms with Crippen LogP contribution < -0.4 is 16.6 Å². The summed E-state index contributed by atoms with van der Waals surface area (Å²) in [7, 11) is 0. The first-order chi connectivity index (χ1) is 5.83. The minimum absolute atomic E-state index is 0.614. The van der Waals surface area contributed by atoms with Gasteiger partial charge in [-0.05, 0) is 12.8 Å². The molecule has 1 fully saturated rings. The molecular weight excluding hydrogens is 190 g/mol. The first kappa shape index (κ1) is 10.2. The topological polar surface area (TPSA) is 50.1 Å². The van der Waals surface area contributed by atoms with Crippen LogP contribution in [0.1, 0.15) is 25.7 Å². The molecule has 5 heteroatoms. The third-order valence-electron chi connectivity index (χ3n) is 1.96. The van der Waals surface area contributed by atoms with Gasteiger partial charge >= 0.3 is 0 Å². The lowest BCUT2D eigenvalue weighted by Gasteiger charge is -2.13. The van der Waals surface area contributed by atoms with E-state index in [1.807, 2.05) is 0 Å². The molecule has 1 aliphatic rings. The highest BCUT2D eigenvalue weighted by molar-refractivity contribution is 8.22. The van der Waals surface area contributed by atoms with E-state index in [1.165, 1.54) is 25.7 Å². The number of thioether (sulfide) groups is 1. The van der Waals surface area contributed by atoms with E-state index in [2.05, 4.69) is 10.7 Å². The largest absolute Gasteiger partial charge is 0.368 e. The number of hydrogen-bond donors (Lipinski definition) is 3. The summed E-state index contributed by atoms with van der Waals surface area (Å²) in [6.45, 7) is 0. The first-order valence-corrected chi connectivity index (χ1v) is 5.59. The molecule has 1 aliphatic carbocycles. The number of hydrazine groups is 1. The van der Waals surface area contributed by atoms with Crippen molar-refractivity contribution in [1.29, 1.82) is 0 Å². The van der Waals surface area contributed by atoms with E-state index in [1.54, 1.807) is 11.8 Å². The van der Waals surface area contributed by atoms with E-state index >= 15 is 0 Å². The molecule has 0 spiro atoms. The fourth-order valence-electron chi connectivity index (χ4n) is 1.39. The summed E-state index contributed by atoms with van der Waals surface area (Å²) in [5.74, 6) is 5.81. The zero-order valence-electron chi connectivity index (χ0n) is 7.01. The Labute approximate surface area is 82.8 Å². The molecule has 0 heterocycles. The van der Waals surface area contributed by atoms with E-state index in [0.717, 1.165) is 4.32 Å². The molecule has 12 heavy (non-hydrogen) atoms. The maximum atomic E-state index is 5.13. The van der Waals surface area contributed by atoms with Gasteiger partial charge in [-0.25, -0.2) is 0 Å². The molecule has 0 aliphatic heterocycles. The van der Waals surface area contributed by atoms with Gasteiger partial charge in [-0.1, -0.05) is 36.8 Å². The smallest absolute Gasteiger partial charge is 0.135 e. The molecule has 0 aromatic rings. The zero-order valence-corrected chi connectivity index (χ0v) is 8.64. The standard InChI is InChI=1S/C7H15N3S2/c8-9-5-12-7(11)10-6-3-1-2-4-6/h6,9H,1-5,8H2,(H,10,11). The van der Waals surface area contributed by atoms with Crippen LogP contribution >= 0.6 is 24.0 Å². The summed E-state index contributed by atoms with van der Waals surface area (Å²) >= 11 is 6.66. The number of rotatable bonds is 3. The second kappa shape index (κ2) is 5.75. The van der Waals surface area contributed by atoms with Gasteiger partial charge in [0.05, 0.1) is 5.88 Å². The molecule has 70 valence electrons.